The van der Waals surface area contributed by atoms with Crippen molar-refractivity contribution in [3.63, 3.8) is 0 Å². The maximum absolute atomic E-state index is 11.3. The van der Waals surface area contributed by atoms with Crippen molar-refractivity contribution in [2.45, 2.75) is 24.4 Å². The van der Waals surface area contributed by atoms with Gasteiger partial charge in [-0.2, -0.15) is 0 Å². The van der Waals surface area contributed by atoms with Crippen LogP contribution in [0.3, 0.4) is 0 Å². The number of rotatable bonds is 7. The Morgan fingerprint density at radius 1 is 1.13 bits per heavy atom. The number of carbonyl (C=O) groups excluding carboxylic acids is 1. The van der Waals surface area contributed by atoms with Crippen molar-refractivity contribution in [1.29, 1.82) is 0 Å². The number of ether oxygens (including phenoxy) is 1. The van der Waals surface area contributed by atoms with Gasteiger partial charge >= 0.3 is 5.97 Å². The van der Waals surface area contributed by atoms with Crippen LogP contribution in [-0.2, 0) is 4.74 Å². The molecule has 0 aliphatic rings. The molecule has 0 unspecified atom stereocenters. The molecular weight excluding hydrogens is 308 g/mol. The van der Waals surface area contributed by atoms with Crippen LogP contribution in [0.2, 0.25) is 0 Å². The van der Waals surface area contributed by atoms with Crippen LogP contribution in [0, 0.1) is 0 Å². The van der Waals surface area contributed by atoms with E-state index in [1.807, 2.05) is 0 Å². The lowest BCUT2D eigenvalue weighted by molar-refractivity contribution is -0.112. The summed E-state index contributed by atoms with van der Waals surface area (Å²) in [6, 6.07) is 5.83. The summed E-state index contributed by atoms with van der Waals surface area (Å²) in [6.45, 7) is -0.815. The van der Waals surface area contributed by atoms with E-state index in [1.54, 1.807) is 0 Å². The second-order valence-corrected chi connectivity index (χ2v) is 4.86. The highest BCUT2D eigenvalue weighted by Gasteiger charge is 2.32. The Kier molecular flexibility index (Phi) is 7.14. The largest absolute Gasteiger partial charge is 0.509 e. The van der Waals surface area contributed by atoms with E-state index in [0.717, 1.165) is 6.08 Å². The van der Waals surface area contributed by atoms with E-state index in [2.05, 4.69) is 4.74 Å². The van der Waals surface area contributed by atoms with E-state index < -0.39 is 42.8 Å². The Morgan fingerprint density at radius 3 is 2.17 bits per heavy atom. The van der Waals surface area contributed by atoms with Crippen molar-refractivity contribution in [2.24, 2.45) is 0 Å². The zero-order valence-electron chi connectivity index (χ0n) is 12.4. The highest BCUT2D eigenvalue weighted by molar-refractivity contribution is 5.89. The first-order valence-electron chi connectivity index (χ1n) is 6.73. The SMILES string of the molecule is COC(=O)c1ccc(C=C(O)[C@H](O)[C@@H](O)[C@H](O)[C@H](O)CO)cc1. The van der Waals surface area contributed by atoms with Crippen LogP contribution >= 0.6 is 0 Å². The zero-order chi connectivity index (χ0) is 17.6. The molecule has 6 N–H and O–H groups in total. The van der Waals surface area contributed by atoms with Gasteiger partial charge in [-0.1, -0.05) is 12.1 Å². The Hall–Kier alpha value is -1.97. The summed E-state index contributed by atoms with van der Waals surface area (Å²) in [6.07, 6.45) is -6.15. The third-order valence-electron chi connectivity index (χ3n) is 3.20. The number of aliphatic hydroxyl groups is 6. The smallest absolute Gasteiger partial charge is 0.337 e. The maximum Gasteiger partial charge on any atom is 0.337 e. The van der Waals surface area contributed by atoms with E-state index >= 15 is 0 Å². The van der Waals surface area contributed by atoms with Gasteiger partial charge in [-0.3, -0.25) is 0 Å². The monoisotopic (exact) mass is 328 g/mol. The summed E-state index contributed by atoms with van der Waals surface area (Å²) in [4.78, 5) is 11.3. The third-order valence-corrected chi connectivity index (χ3v) is 3.20. The summed E-state index contributed by atoms with van der Waals surface area (Å²) in [5, 5.41) is 56.6. The second-order valence-electron chi connectivity index (χ2n) is 4.86. The summed E-state index contributed by atoms with van der Waals surface area (Å²) in [5.41, 5.74) is 0.713. The van der Waals surface area contributed by atoms with Crippen LogP contribution in [0.5, 0.6) is 0 Å². The Morgan fingerprint density at radius 2 is 1.70 bits per heavy atom. The van der Waals surface area contributed by atoms with Crippen molar-refractivity contribution < 1.29 is 40.2 Å². The van der Waals surface area contributed by atoms with Crippen LogP contribution in [0.25, 0.3) is 6.08 Å². The van der Waals surface area contributed by atoms with Gasteiger partial charge in [0.15, 0.2) is 0 Å². The molecule has 0 heterocycles. The minimum atomic E-state index is -1.90. The van der Waals surface area contributed by atoms with Gasteiger partial charge in [0.25, 0.3) is 0 Å². The lowest BCUT2D eigenvalue weighted by Gasteiger charge is -2.25. The summed E-state index contributed by atoms with van der Waals surface area (Å²) in [5.74, 6) is -1.19. The fourth-order valence-corrected chi connectivity index (χ4v) is 1.79. The molecule has 23 heavy (non-hydrogen) atoms. The molecule has 0 fully saturated rings. The van der Waals surface area contributed by atoms with Crippen molar-refractivity contribution in [2.75, 3.05) is 13.7 Å². The van der Waals surface area contributed by atoms with Crippen molar-refractivity contribution in [1.82, 2.24) is 0 Å². The first-order chi connectivity index (χ1) is 10.8. The molecule has 0 saturated carbocycles. The Bertz CT molecular complexity index is 539. The molecule has 0 aliphatic carbocycles. The van der Waals surface area contributed by atoms with Crippen LogP contribution in [-0.4, -0.2) is 74.7 Å². The summed E-state index contributed by atoms with van der Waals surface area (Å²) >= 11 is 0. The zero-order valence-corrected chi connectivity index (χ0v) is 12.4. The van der Waals surface area contributed by atoms with Gasteiger partial charge in [0.05, 0.1) is 19.3 Å². The fraction of sp³-hybridized carbons (Fsp3) is 0.400. The van der Waals surface area contributed by atoms with Gasteiger partial charge < -0.3 is 35.4 Å². The molecule has 0 aliphatic heterocycles. The normalized spacial score (nSPS) is 17.2. The molecule has 4 atom stereocenters. The molecule has 8 nitrogen and oxygen atoms in total. The molecule has 0 aromatic heterocycles. The molecule has 0 amide bonds. The molecule has 1 aromatic rings. The van der Waals surface area contributed by atoms with E-state index in [-0.39, 0.29) is 0 Å². The first kappa shape index (κ1) is 19.1. The Labute approximate surface area is 132 Å². The van der Waals surface area contributed by atoms with Crippen LogP contribution in [0.1, 0.15) is 15.9 Å². The maximum atomic E-state index is 11.3. The number of methoxy groups -OCH3 is 1. The minimum Gasteiger partial charge on any atom is -0.509 e. The average Bonchev–Trinajstić information content (AvgIpc) is 2.58. The molecule has 0 spiro atoms. The quantitative estimate of drug-likeness (QED) is 0.270. The highest BCUT2D eigenvalue weighted by Crippen LogP contribution is 2.15. The third kappa shape index (κ3) is 5.02. The number of benzene rings is 1. The number of esters is 1. The van der Waals surface area contributed by atoms with Gasteiger partial charge in [0.2, 0.25) is 0 Å². The van der Waals surface area contributed by atoms with E-state index in [4.69, 9.17) is 5.11 Å². The molecular formula is C15H20O8. The average molecular weight is 328 g/mol. The van der Waals surface area contributed by atoms with Crippen molar-refractivity contribution in [3.05, 3.63) is 41.2 Å². The summed E-state index contributed by atoms with van der Waals surface area (Å²) < 4.78 is 4.54. The topological polar surface area (TPSA) is 148 Å². The first-order valence-corrected chi connectivity index (χ1v) is 6.73. The van der Waals surface area contributed by atoms with Gasteiger partial charge in [-0.15, -0.1) is 0 Å². The molecule has 1 rings (SSSR count). The standard InChI is InChI=1S/C15H20O8/c1-23-15(22)9-4-2-8(3-5-9)6-10(17)12(19)14(21)13(20)11(18)7-16/h2-6,11-14,16-21H,7H2,1H3/t11-,12+,13-,14-/m1/s1. The highest BCUT2D eigenvalue weighted by atomic mass is 16.5. The molecule has 8 heteroatoms. The molecule has 0 radical (unpaired) electrons. The van der Waals surface area contributed by atoms with E-state index in [1.165, 1.54) is 31.4 Å². The van der Waals surface area contributed by atoms with E-state index in [9.17, 15) is 30.3 Å². The van der Waals surface area contributed by atoms with Crippen molar-refractivity contribution >= 4 is 12.0 Å². The van der Waals surface area contributed by atoms with Gasteiger partial charge in [0, 0.05) is 0 Å². The molecule has 0 saturated heterocycles. The molecule has 0 bridgehead atoms. The molecule has 1 aromatic carbocycles. The Balaban J connectivity index is 2.84. The number of aliphatic hydroxyl groups excluding tert-OH is 6. The van der Waals surface area contributed by atoms with Crippen LogP contribution in [0.15, 0.2) is 30.0 Å². The lowest BCUT2D eigenvalue weighted by Crippen LogP contribution is -2.46. The number of hydrogen-bond acceptors (Lipinski definition) is 8. The second kappa shape index (κ2) is 8.61. The lowest BCUT2D eigenvalue weighted by atomic mass is 10.0. The van der Waals surface area contributed by atoms with Gasteiger partial charge in [-0.25, -0.2) is 4.79 Å². The van der Waals surface area contributed by atoms with Gasteiger partial charge in [-0.05, 0) is 23.8 Å². The fourth-order valence-electron chi connectivity index (χ4n) is 1.79. The van der Waals surface area contributed by atoms with E-state index in [0.29, 0.717) is 11.1 Å². The van der Waals surface area contributed by atoms with Crippen molar-refractivity contribution in [3.8, 4) is 0 Å². The molecule has 128 valence electrons. The number of carbonyl (C=O) groups is 1. The van der Waals surface area contributed by atoms with Gasteiger partial charge in [0.1, 0.15) is 30.2 Å². The minimum absolute atomic E-state index is 0.297. The van der Waals surface area contributed by atoms with Crippen LogP contribution in [0.4, 0.5) is 0 Å². The number of hydrogen-bond donors (Lipinski definition) is 6. The predicted octanol–water partition coefficient (Wildman–Crippen LogP) is -1.19. The predicted molar refractivity (Wildman–Crippen MR) is 79.5 cm³/mol. The van der Waals surface area contributed by atoms with Crippen LogP contribution < -0.4 is 0 Å². The summed E-state index contributed by atoms with van der Waals surface area (Å²) in [7, 11) is 1.24.